The Morgan fingerprint density at radius 3 is 2.80 bits per heavy atom. The van der Waals surface area contributed by atoms with Gasteiger partial charge < -0.3 is 9.84 Å². The highest BCUT2D eigenvalue weighted by Crippen LogP contribution is 2.12. The van der Waals surface area contributed by atoms with E-state index in [1.54, 1.807) is 0 Å². The third kappa shape index (κ3) is 7.40. The lowest BCUT2D eigenvalue weighted by molar-refractivity contribution is -0.142. The van der Waals surface area contributed by atoms with Gasteiger partial charge in [0.15, 0.2) is 0 Å². The summed E-state index contributed by atoms with van der Waals surface area (Å²) in [5, 5.41) is 8.66. The van der Waals surface area contributed by atoms with Gasteiger partial charge in [0.1, 0.15) is 12.0 Å². The van der Waals surface area contributed by atoms with Gasteiger partial charge in [-0.05, 0) is 25.7 Å². The smallest absolute Gasteiger partial charge is 0.324 e. The molecule has 2 unspecified atom stereocenters. The molecule has 0 aromatic carbocycles. The zero-order valence-electron chi connectivity index (χ0n) is 9.12. The SMILES string of the molecule is C=CCOC(=O)C(Cl)CCCC(O)CC. The van der Waals surface area contributed by atoms with E-state index in [1.165, 1.54) is 6.08 Å². The topological polar surface area (TPSA) is 46.5 Å². The second kappa shape index (κ2) is 8.74. The number of aliphatic hydroxyl groups excluding tert-OH is 1. The van der Waals surface area contributed by atoms with E-state index in [1.807, 2.05) is 6.92 Å². The average molecular weight is 235 g/mol. The van der Waals surface area contributed by atoms with Crippen molar-refractivity contribution in [1.82, 2.24) is 0 Å². The molecule has 0 spiro atoms. The molecule has 0 aromatic rings. The van der Waals surface area contributed by atoms with Crippen LogP contribution in [0.15, 0.2) is 12.7 Å². The molecule has 0 aliphatic carbocycles. The molecule has 0 heterocycles. The molecule has 15 heavy (non-hydrogen) atoms. The van der Waals surface area contributed by atoms with Crippen molar-refractivity contribution < 1.29 is 14.6 Å². The Kier molecular flexibility index (Phi) is 8.43. The van der Waals surface area contributed by atoms with E-state index in [-0.39, 0.29) is 12.7 Å². The fraction of sp³-hybridized carbons (Fsp3) is 0.727. The maximum absolute atomic E-state index is 11.2. The molecule has 0 bridgehead atoms. The van der Waals surface area contributed by atoms with Crippen LogP contribution in [0.3, 0.4) is 0 Å². The molecule has 0 rings (SSSR count). The predicted molar refractivity (Wildman–Crippen MR) is 60.9 cm³/mol. The van der Waals surface area contributed by atoms with Crippen molar-refractivity contribution in [2.24, 2.45) is 0 Å². The molecular formula is C11H19ClO3. The average Bonchev–Trinajstić information content (AvgIpc) is 2.25. The number of halogens is 1. The number of esters is 1. The Hall–Kier alpha value is -0.540. The first-order chi connectivity index (χ1) is 7.11. The van der Waals surface area contributed by atoms with Crippen molar-refractivity contribution in [2.45, 2.75) is 44.1 Å². The van der Waals surface area contributed by atoms with Crippen molar-refractivity contribution in [3.63, 3.8) is 0 Å². The van der Waals surface area contributed by atoms with E-state index in [9.17, 15) is 9.90 Å². The molecule has 4 heteroatoms. The summed E-state index contributed by atoms with van der Waals surface area (Å²) in [6.07, 6.45) is 3.88. The van der Waals surface area contributed by atoms with Crippen LogP contribution in [-0.2, 0) is 9.53 Å². The maximum atomic E-state index is 11.2. The van der Waals surface area contributed by atoms with Crippen LogP contribution in [0.1, 0.15) is 32.6 Å². The zero-order valence-corrected chi connectivity index (χ0v) is 9.87. The lowest BCUT2D eigenvalue weighted by atomic mass is 10.1. The number of ether oxygens (including phenoxy) is 1. The van der Waals surface area contributed by atoms with Gasteiger partial charge in [-0.2, -0.15) is 0 Å². The van der Waals surface area contributed by atoms with Crippen molar-refractivity contribution in [3.05, 3.63) is 12.7 Å². The third-order valence-electron chi connectivity index (χ3n) is 2.07. The molecule has 0 radical (unpaired) electrons. The van der Waals surface area contributed by atoms with Crippen LogP contribution in [0.25, 0.3) is 0 Å². The molecule has 0 aliphatic rings. The Labute approximate surface area is 96.1 Å². The molecule has 0 saturated heterocycles. The van der Waals surface area contributed by atoms with Crippen LogP contribution in [0.4, 0.5) is 0 Å². The Balaban J connectivity index is 3.59. The van der Waals surface area contributed by atoms with Gasteiger partial charge in [0.2, 0.25) is 0 Å². The summed E-state index contributed by atoms with van der Waals surface area (Å²) in [4.78, 5) is 11.2. The Morgan fingerprint density at radius 2 is 2.27 bits per heavy atom. The minimum atomic E-state index is -0.617. The van der Waals surface area contributed by atoms with E-state index in [2.05, 4.69) is 6.58 Å². The van der Waals surface area contributed by atoms with Gasteiger partial charge in [0.05, 0.1) is 6.10 Å². The maximum Gasteiger partial charge on any atom is 0.324 e. The monoisotopic (exact) mass is 234 g/mol. The highest BCUT2D eigenvalue weighted by molar-refractivity contribution is 6.29. The van der Waals surface area contributed by atoms with Crippen LogP contribution in [0, 0.1) is 0 Å². The van der Waals surface area contributed by atoms with Gasteiger partial charge in [-0.1, -0.05) is 19.6 Å². The van der Waals surface area contributed by atoms with Crippen LogP contribution in [0.5, 0.6) is 0 Å². The summed E-state index contributed by atoms with van der Waals surface area (Å²) in [5.74, 6) is -0.414. The molecule has 2 atom stereocenters. The lowest BCUT2D eigenvalue weighted by Gasteiger charge is -2.10. The largest absolute Gasteiger partial charge is 0.460 e. The first kappa shape index (κ1) is 14.5. The summed E-state index contributed by atoms with van der Waals surface area (Å²) in [6.45, 7) is 5.55. The molecule has 88 valence electrons. The lowest BCUT2D eigenvalue weighted by Crippen LogP contribution is -2.18. The van der Waals surface area contributed by atoms with Gasteiger partial charge in [0, 0.05) is 0 Å². The summed E-state index contributed by atoms with van der Waals surface area (Å²) in [5.41, 5.74) is 0. The number of carbonyl (C=O) groups excluding carboxylic acids is 1. The number of carbonyl (C=O) groups is 1. The van der Waals surface area contributed by atoms with E-state index in [0.717, 1.165) is 12.8 Å². The molecule has 0 aromatic heterocycles. The molecule has 0 saturated carbocycles. The number of aliphatic hydroxyl groups is 1. The number of alkyl halides is 1. The van der Waals surface area contributed by atoms with Gasteiger partial charge in [-0.3, -0.25) is 4.79 Å². The molecule has 0 fully saturated rings. The number of hydrogen-bond donors (Lipinski definition) is 1. The predicted octanol–water partition coefficient (Wildman–Crippen LogP) is 2.26. The van der Waals surface area contributed by atoms with E-state index < -0.39 is 11.3 Å². The summed E-state index contributed by atoms with van der Waals surface area (Å²) >= 11 is 5.80. The van der Waals surface area contributed by atoms with Crippen LogP contribution >= 0.6 is 11.6 Å². The van der Waals surface area contributed by atoms with Crippen LogP contribution < -0.4 is 0 Å². The Bertz CT molecular complexity index is 194. The molecular weight excluding hydrogens is 216 g/mol. The second-order valence-corrected chi connectivity index (χ2v) is 3.91. The van der Waals surface area contributed by atoms with Crippen LogP contribution in [0.2, 0.25) is 0 Å². The summed E-state index contributed by atoms with van der Waals surface area (Å²) in [7, 11) is 0. The van der Waals surface area contributed by atoms with E-state index >= 15 is 0 Å². The van der Waals surface area contributed by atoms with Crippen molar-refractivity contribution in [3.8, 4) is 0 Å². The van der Waals surface area contributed by atoms with Gasteiger partial charge in [-0.15, -0.1) is 11.6 Å². The quantitative estimate of drug-likeness (QED) is 0.398. The fourth-order valence-electron chi connectivity index (χ4n) is 1.09. The molecule has 3 nitrogen and oxygen atoms in total. The number of rotatable bonds is 8. The Morgan fingerprint density at radius 1 is 1.60 bits per heavy atom. The van der Waals surface area contributed by atoms with Crippen molar-refractivity contribution >= 4 is 17.6 Å². The molecule has 1 N–H and O–H groups in total. The first-order valence-corrected chi connectivity index (χ1v) is 5.65. The fourth-order valence-corrected chi connectivity index (χ4v) is 1.30. The minimum absolute atomic E-state index is 0.194. The van der Waals surface area contributed by atoms with Crippen molar-refractivity contribution in [1.29, 1.82) is 0 Å². The second-order valence-electron chi connectivity index (χ2n) is 3.38. The van der Waals surface area contributed by atoms with Crippen LogP contribution in [-0.4, -0.2) is 29.2 Å². The van der Waals surface area contributed by atoms with Gasteiger partial charge in [0.25, 0.3) is 0 Å². The molecule has 0 amide bonds. The minimum Gasteiger partial charge on any atom is -0.460 e. The van der Waals surface area contributed by atoms with E-state index in [4.69, 9.17) is 16.3 Å². The summed E-state index contributed by atoms with van der Waals surface area (Å²) < 4.78 is 4.79. The van der Waals surface area contributed by atoms with Gasteiger partial charge >= 0.3 is 5.97 Å². The van der Waals surface area contributed by atoms with Crippen molar-refractivity contribution in [2.75, 3.05) is 6.61 Å². The highest BCUT2D eigenvalue weighted by atomic mass is 35.5. The summed E-state index contributed by atoms with van der Waals surface area (Å²) in [6, 6.07) is 0. The number of hydrogen-bond acceptors (Lipinski definition) is 3. The standard InChI is InChI=1S/C11H19ClO3/c1-3-8-15-11(14)10(12)7-5-6-9(13)4-2/h3,9-10,13H,1,4-8H2,2H3. The zero-order chi connectivity index (χ0) is 11.7. The van der Waals surface area contributed by atoms with Gasteiger partial charge in [-0.25, -0.2) is 0 Å². The first-order valence-electron chi connectivity index (χ1n) is 5.21. The van der Waals surface area contributed by atoms with E-state index in [0.29, 0.717) is 12.8 Å². The third-order valence-corrected chi connectivity index (χ3v) is 2.46. The molecule has 0 aliphatic heterocycles. The highest BCUT2D eigenvalue weighted by Gasteiger charge is 2.16. The normalized spacial score (nSPS) is 14.3.